The molecule has 0 aromatic heterocycles. The number of likely N-dealkylation sites (tertiary alicyclic amines) is 1. The molecule has 0 spiro atoms. The fourth-order valence-electron chi connectivity index (χ4n) is 4.72. The molecule has 1 atom stereocenters. The van der Waals surface area contributed by atoms with E-state index in [4.69, 9.17) is 9.47 Å². The minimum absolute atomic E-state index is 0.0527. The molecule has 2 aliphatic heterocycles. The third-order valence-corrected chi connectivity index (χ3v) is 6.44. The Kier molecular flexibility index (Phi) is 7.10. The maximum Gasteiger partial charge on any atom is 0.237 e. The van der Waals surface area contributed by atoms with Gasteiger partial charge in [0.25, 0.3) is 0 Å². The lowest BCUT2D eigenvalue weighted by molar-refractivity contribution is -0.133. The lowest BCUT2D eigenvalue weighted by Gasteiger charge is -2.36. The van der Waals surface area contributed by atoms with E-state index >= 15 is 0 Å². The fraction of sp³-hybridized carbons (Fsp3) is 0.480. The Hall–Kier alpha value is -2.57. The molecule has 0 aliphatic carbocycles. The maximum atomic E-state index is 13.2. The Morgan fingerprint density at radius 3 is 2.39 bits per heavy atom. The molecule has 2 saturated heterocycles. The van der Waals surface area contributed by atoms with Gasteiger partial charge < -0.3 is 14.4 Å². The zero-order chi connectivity index (χ0) is 21.6. The first-order valence-corrected chi connectivity index (χ1v) is 11.2. The molecule has 0 N–H and O–H groups in total. The molecule has 2 aliphatic rings. The van der Waals surface area contributed by atoms with Gasteiger partial charge in [0.2, 0.25) is 5.91 Å². The highest BCUT2D eigenvalue weighted by atomic mass is 16.5. The SMILES string of the molecule is COc1ccc(OC)c([C@@H]2CCCN2C(=O)CN2CCN(Cc3ccccc3)CC2)c1. The summed E-state index contributed by atoms with van der Waals surface area (Å²) >= 11 is 0. The molecular weight excluding hydrogens is 390 g/mol. The molecule has 1 amide bonds. The van der Waals surface area contributed by atoms with Gasteiger partial charge >= 0.3 is 0 Å². The Balaban J connectivity index is 1.34. The van der Waals surface area contributed by atoms with E-state index in [0.717, 1.165) is 69.2 Å². The van der Waals surface area contributed by atoms with Crippen molar-refractivity contribution in [3.8, 4) is 11.5 Å². The number of ether oxygens (including phenoxy) is 2. The smallest absolute Gasteiger partial charge is 0.237 e. The molecule has 2 fully saturated rings. The number of hydrogen-bond acceptors (Lipinski definition) is 5. The van der Waals surface area contributed by atoms with E-state index in [1.165, 1.54) is 5.56 Å². The van der Waals surface area contributed by atoms with Crippen molar-refractivity contribution < 1.29 is 14.3 Å². The number of carbonyl (C=O) groups excluding carboxylic acids is 1. The second-order valence-corrected chi connectivity index (χ2v) is 8.39. The van der Waals surface area contributed by atoms with Crippen LogP contribution in [0.15, 0.2) is 48.5 Å². The average molecular weight is 424 g/mol. The Morgan fingerprint density at radius 2 is 1.68 bits per heavy atom. The molecule has 6 heteroatoms. The van der Waals surface area contributed by atoms with Gasteiger partial charge in [-0.3, -0.25) is 14.6 Å². The van der Waals surface area contributed by atoms with Crippen molar-refractivity contribution in [3.63, 3.8) is 0 Å². The molecule has 166 valence electrons. The van der Waals surface area contributed by atoms with Crippen LogP contribution in [0.5, 0.6) is 11.5 Å². The average Bonchev–Trinajstić information content (AvgIpc) is 3.30. The largest absolute Gasteiger partial charge is 0.497 e. The Labute approximate surface area is 185 Å². The summed E-state index contributed by atoms with van der Waals surface area (Å²) in [5.74, 6) is 1.83. The standard InChI is InChI=1S/C25H33N3O3/c1-30-21-10-11-24(31-2)22(17-21)23-9-6-12-28(23)25(29)19-27-15-13-26(14-16-27)18-20-7-4-3-5-8-20/h3-5,7-8,10-11,17,23H,6,9,12-16,18-19H2,1-2H3/t23-/m0/s1. The van der Waals surface area contributed by atoms with E-state index in [2.05, 4.69) is 40.1 Å². The molecule has 0 saturated carbocycles. The van der Waals surface area contributed by atoms with Crippen LogP contribution < -0.4 is 9.47 Å². The molecule has 31 heavy (non-hydrogen) atoms. The maximum absolute atomic E-state index is 13.2. The molecule has 2 aromatic rings. The molecule has 4 rings (SSSR count). The van der Waals surface area contributed by atoms with Crippen molar-refractivity contribution in [2.45, 2.75) is 25.4 Å². The number of piperazine rings is 1. The van der Waals surface area contributed by atoms with Crippen LogP contribution in [0.2, 0.25) is 0 Å². The predicted octanol–water partition coefficient (Wildman–Crippen LogP) is 3.19. The highest BCUT2D eigenvalue weighted by Crippen LogP contribution is 2.39. The quantitative estimate of drug-likeness (QED) is 0.685. The van der Waals surface area contributed by atoms with Crippen molar-refractivity contribution in [1.82, 2.24) is 14.7 Å². The van der Waals surface area contributed by atoms with E-state index in [1.54, 1.807) is 14.2 Å². The molecule has 0 radical (unpaired) electrons. The van der Waals surface area contributed by atoms with Crippen LogP contribution in [-0.2, 0) is 11.3 Å². The van der Waals surface area contributed by atoms with Crippen LogP contribution in [0.3, 0.4) is 0 Å². The first-order valence-electron chi connectivity index (χ1n) is 11.2. The van der Waals surface area contributed by atoms with Gasteiger partial charge in [-0.1, -0.05) is 30.3 Å². The van der Waals surface area contributed by atoms with E-state index in [9.17, 15) is 4.79 Å². The van der Waals surface area contributed by atoms with Gasteiger partial charge in [-0.2, -0.15) is 0 Å². The van der Waals surface area contributed by atoms with Crippen molar-refractivity contribution >= 4 is 5.91 Å². The van der Waals surface area contributed by atoms with E-state index < -0.39 is 0 Å². The summed E-state index contributed by atoms with van der Waals surface area (Å²) in [5, 5.41) is 0. The minimum Gasteiger partial charge on any atom is -0.497 e. The van der Waals surface area contributed by atoms with Gasteiger partial charge in [0.05, 0.1) is 26.8 Å². The van der Waals surface area contributed by atoms with Crippen molar-refractivity contribution in [2.24, 2.45) is 0 Å². The number of nitrogens with zero attached hydrogens (tertiary/aromatic N) is 3. The van der Waals surface area contributed by atoms with Gasteiger partial charge in [0.15, 0.2) is 0 Å². The van der Waals surface area contributed by atoms with E-state index in [-0.39, 0.29) is 11.9 Å². The molecule has 0 bridgehead atoms. The number of benzene rings is 2. The summed E-state index contributed by atoms with van der Waals surface area (Å²) < 4.78 is 11.0. The summed E-state index contributed by atoms with van der Waals surface area (Å²) in [6.45, 7) is 6.12. The van der Waals surface area contributed by atoms with Gasteiger partial charge in [-0.05, 0) is 36.6 Å². The molecular formula is C25H33N3O3. The Morgan fingerprint density at radius 1 is 0.935 bits per heavy atom. The summed E-state index contributed by atoms with van der Waals surface area (Å²) in [6.07, 6.45) is 1.97. The molecule has 2 aromatic carbocycles. The normalized spacial score (nSPS) is 20.1. The predicted molar refractivity (Wildman–Crippen MR) is 121 cm³/mol. The van der Waals surface area contributed by atoms with Crippen LogP contribution in [-0.4, -0.2) is 74.1 Å². The monoisotopic (exact) mass is 423 g/mol. The number of methoxy groups -OCH3 is 2. The second-order valence-electron chi connectivity index (χ2n) is 8.39. The Bertz CT molecular complexity index is 866. The third-order valence-electron chi connectivity index (χ3n) is 6.44. The first-order chi connectivity index (χ1) is 15.2. The van der Waals surface area contributed by atoms with Crippen LogP contribution >= 0.6 is 0 Å². The van der Waals surface area contributed by atoms with Gasteiger partial charge in [0, 0.05) is 44.8 Å². The minimum atomic E-state index is 0.0527. The van der Waals surface area contributed by atoms with Crippen molar-refractivity contribution in [1.29, 1.82) is 0 Å². The highest BCUT2D eigenvalue weighted by Gasteiger charge is 2.33. The van der Waals surface area contributed by atoms with Crippen LogP contribution in [0.1, 0.15) is 30.0 Å². The van der Waals surface area contributed by atoms with E-state index in [0.29, 0.717) is 6.54 Å². The summed E-state index contributed by atoms with van der Waals surface area (Å²) in [4.78, 5) is 20.0. The summed E-state index contributed by atoms with van der Waals surface area (Å²) in [6, 6.07) is 16.5. The lowest BCUT2D eigenvalue weighted by atomic mass is 10.0. The summed E-state index contributed by atoms with van der Waals surface area (Å²) in [7, 11) is 3.35. The highest BCUT2D eigenvalue weighted by molar-refractivity contribution is 5.79. The van der Waals surface area contributed by atoms with Crippen molar-refractivity contribution in [3.05, 3.63) is 59.7 Å². The second kappa shape index (κ2) is 10.2. The first kappa shape index (κ1) is 21.7. The fourth-order valence-corrected chi connectivity index (χ4v) is 4.72. The van der Waals surface area contributed by atoms with E-state index in [1.807, 2.05) is 23.1 Å². The van der Waals surface area contributed by atoms with Crippen molar-refractivity contribution in [2.75, 3.05) is 53.5 Å². The number of amides is 1. The van der Waals surface area contributed by atoms with Crippen LogP contribution in [0.25, 0.3) is 0 Å². The van der Waals surface area contributed by atoms with Crippen LogP contribution in [0, 0.1) is 0 Å². The molecule has 6 nitrogen and oxygen atoms in total. The molecule has 2 heterocycles. The zero-order valence-corrected chi connectivity index (χ0v) is 18.6. The number of rotatable bonds is 7. The number of hydrogen-bond donors (Lipinski definition) is 0. The topological polar surface area (TPSA) is 45.3 Å². The lowest BCUT2D eigenvalue weighted by Crippen LogP contribution is -2.49. The number of carbonyl (C=O) groups is 1. The zero-order valence-electron chi connectivity index (χ0n) is 18.6. The van der Waals surface area contributed by atoms with Gasteiger partial charge in [-0.25, -0.2) is 0 Å². The summed E-state index contributed by atoms with van der Waals surface area (Å²) in [5.41, 5.74) is 2.39. The van der Waals surface area contributed by atoms with Crippen LogP contribution in [0.4, 0.5) is 0 Å². The molecule has 0 unspecified atom stereocenters. The van der Waals surface area contributed by atoms with Gasteiger partial charge in [0.1, 0.15) is 11.5 Å². The third kappa shape index (κ3) is 5.20. The van der Waals surface area contributed by atoms with Gasteiger partial charge in [-0.15, -0.1) is 0 Å².